The lowest BCUT2D eigenvalue weighted by Crippen LogP contribution is -2.11. The van der Waals surface area contributed by atoms with Crippen LogP contribution in [0.2, 0.25) is 0 Å². The summed E-state index contributed by atoms with van der Waals surface area (Å²) in [6.45, 7) is 0.584. The minimum Gasteiger partial charge on any atom is -0.469 e. The van der Waals surface area contributed by atoms with E-state index in [1.54, 1.807) is 7.05 Å². The predicted octanol–water partition coefficient (Wildman–Crippen LogP) is 0.943. The summed E-state index contributed by atoms with van der Waals surface area (Å²) in [5.74, 6) is -0.211. The largest absolute Gasteiger partial charge is 0.469 e. The molecule has 0 rings (SSSR count). The summed E-state index contributed by atoms with van der Waals surface area (Å²) < 4.78 is 4.45. The van der Waals surface area contributed by atoms with Crippen molar-refractivity contribution in [3.63, 3.8) is 0 Å². The number of methoxy groups -OCH3 is 1. The summed E-state index contributed by atoms with van der Waals surface area (Å²) >= 11 is 0. The van der Waals surface area contributed by atoms with Gasteiger partial charge in [-0.15, -0.1) is 4.91 Å². The average molecular weight is 174 g/mol. The standard InChI is InChI=1S/C7H14N2O3/c1-9(8-11)6-4-3-5-7(10)12-2/h3-6H2,1-2H3. The molecule has 0 atom stereocenters. The van der Waals surface area contributed by atoms with Crippen LogP contribution in [0, 0.1) is 4.91 Å². The first-order valence-corrected chi connectivity index (χ1v) is 3.82. The molecule has 5 nitrogen and oxygen atoms in total. The van der Waals surface area contributed by atoms with Crippen LogP contribution < -0.4 is 0 Å². The van der Waals surface area contributed by atoms with Gasteiger partial charge in [-0.2, -0.15) is 0 Å². The van der Waals surface area contributed by atoms with Crippen LogP contribution in [0.25, 0.3) is 0 Å². The molecule has 70 valence electrons. The Labute approximate surface area is 71.6 Å². The van der Waals surface area contributed by atoms with Crippen LogP contribution in [0.15, 0.2) is 5.29 Å². The SMILES string of the molecule is COC(=O)CCCCN(C)N=O. The second-order valence-corrected chi connectivity index (χ2v) is 2.50. The lowest BCUT2D eigenvalue weighted by Gasteiger charge is -2.06. The number of hydrogen-bond donors (Lipinski definition) is 0. The van der Waals surface area contributed by atoms with Gasteiger partial charge in [0.2, 0.25) is 0 Å². The van der Waals surface area contributed by atoms with Gasteiger partial charge < -0.3 is 4.74 Å². The lowest BCUT2D eigenvalue weighted by atomic mass is 10.2. The molecule has 0 fully saturated rings. The van der Waals surface area contributed by atoms with Crippen molar-refractivity contribution in [2.24, 2.45) is 5.29 Å². The summed E-state index contributed by atoms with van der Waals surface area (Å²) in [5, 5.41) is 4.00. The lowest BCUT2D eigenvalue weighted by molar-refractivity contribution is -0.140. The first-order chi connectivity index (χ1) is 5.70. The van der Waals surface area contributed by atoms with E-state index in [0.717, 1.165) is 12.8 Å². The van der Waals surface area contributed by atoms with E-state index in [1.165, 1.54) is 12.1 Å². The highest BCUT2D eigenvalue weighted by atomic mass is 16.5. The highest BCUT2D eigenvalue weighted by Gasteiger charge is 2.00. The molecule has 0 N–H and O–H groups in total. The van der Waals surface area contributed by atoms with E-state index in [2.05, 4.69) is 10.0 Å². The molecule has 0 aliphatic heterocycles. The molecule has 0 saturated heterocycles. The molecule has 0 heterocycles. The molecule has 0 amide bonds. The number of esters is 1. The molecule has 0 aromatic rings. The number of nitroso groups, excluding NO2 is 1. The quantitative estimate of drug-likeness (QED) is 0.260. The van der Waals surface area contributed by atoms with Gasteiger partial charge in [-0.1, -0.05) is 0 Å². The molecule has 0 aliphatic carbocycles. The van der Waals surface area contributed by atoms with Crippen LogP contribution in [-0.4, -0.2) is 31.7 Å². The van der Waals surface area contributed by atoms with Gasteiger partial charge in [-0.05, 0) is 12.8 Å². The van der Waals surface area contributed by atoms with Gasteiger partial charge in [0.25, 0.3) is 0 Å². The molecule has 0 aliphatic rings. The second kappa shape index (κ2) is 6.57. The monoisotopic (exact) mass is 174 g/mol. The van der Waals surface area contributed by atoms with Crippen molar-refractivity contribution in [1.82, 2.24) is 5.01 Å². The molecular weight excluding hydrogens is 160 g/mol. The van der Waals surface area contributed by atoms with Crippen LogP contribution in [0.5, 0.6) is 0 Å². The number of rotatable bonds is 6. The average Bonchev–Trinajstić information content (AvgIpc) is 2.11. The fraction of sp³-hybridized carbons (Fsp3) is 0.857. The van der Waals surface area contributed by atoms with E-state index in [-0.39, 0.29) is 5.97 Å². The van der Waals surface area contributed by atoms with Crippen molar-refractivity contribution in [2.45, 2.75) is 19.3 Å². The summed E-state index contributed by atoms with van der Waals surface area (Å²) in [5.41, 5.74) is 0. The van der Waals surface area contributed by atoms with E-state index < -0.39 is 0 Å². The maximum Gasteiger partial charge on any atom is 0.305 e. The van der Waals surface area contributed by atoms with Crippen LogP contribution in [0.3, 0.4) is 0 Å². The Morgan fingerprint density at radius 3 is 2.67 bits per heavy atom. The summed E-state index contributed by atoms with van der Waals surface area (Å²) in [6.07, 6.45) is 1.91. The Kier molecular flexibility index (Phi) is 5.95. The normalized spacial score (nSPS) is 9.17. The third kappa shape index (κ3) is 5.64. The van der Waals surface area contributed by atoms with E-state index >= 15 is 0 Å². The van der Waals surface area contributed by atoms with Gasteiger partial charge in [0.15, 0.2) is 0 Å². The molecule has 0 bridgehead atoms. The van der Waals surface area contributed by atoms with E-state index in [4.69, 9.17) is 0 Å². The first-order valence-electron chi connectivity index (χ1n) is 3.82. The third-order valence-electron chi connectivity index (χ3n) is 1.48. The molecule has 0 saturated carbocycles. The summed E-state index contributed by atoms with van der Waals surface area (Å²) in [4.78, 5) is 20.5. The fourth-order valence-electron chi connectivity index (χ4n) is 0.753. The number of carbonyl (C=O) groups is 1. The zero-order valence-corrected chi connectivity index (χ0v) is 7.45. The molecular formula is C7H14N2O3. The topological polar surface area (TPSA) is 59.0 Å². The van der Waals surface area contributed by atoms with Gasteiger partial charge in [-0.3, -0.25) is 9.80 Å². The Bertz CT molecular complexity index is 150. The van der Waals surface area contributed by atoms with E-state index in [9.17, 15) is 9.70 Å². The Hall–Kier alpha value is -1.13. The van der Waals surface area contributed by atoms with Gasteiger partial charge in [-0.25, -0.2) is 0 Å². The number of ether oxygens (including phenoxy) is 1. The van der Waals surface area contributed by atoms with E-state index in [1.807, 2.05) is 0 Å². The summed E-state index contributed by atoms with van der Waals surface area (Å²) in [6, 6.07) is 0. The van der Waals surface area contributed by atoms with Crippen molar-refractivity contribution >= 4 is 5.97 Å². The Balaban J connectivity index is 3.21. The van der Waals surface area contributed by atoms with Gasteiger partial charge in [0.1, 0.15) is 0 Å². The molecule has 0 unspecified atom stereocenters. The number of unbranched alkanes of at least 4 members (excludes halogenated alkanes) is 1. The first kappa shape index (κ1) is 10.9. The van der Waals surface area contributed by atoms with Crippen LogP contribution in [-0.2, 0) is 9.53 Å². The fourth-order valence-corrected chi connectivity index (χ4v) is 0.753. The molecule has 0 aromatic heterocycles. The third-order valence-corrected chi connectivity index (χ3v) is 1.48. The highest BCUT2D eigenvalue weighted by Crippen LogP contribution is 1.98. The number of nitrogens with zero attached hydrogens (tertiary/aromatic N) is 2. The molecule has 0 spiro atoms. The zero-order valence-electron chi connectivity index (χ0n) is 7.45. The van der Waals surface area contributed by atoms with Gasteiger partial charge in [0.05, 0.1) is 12.4 Å². The predicted molar refractivity (Wildman–Crippen MR) is 44.3 cm³/mol. The van der Waals surface area contributed by atoms with Gasteiger partial charge >= 0.3 is 5.97 Å². The highest BCUT2D eigenvalue weighted by molar-refractivity contribution is 5.68. The van der Waals surface area contributed by atoms with Crippen LogP contribution in [0.4, 0.5) is 0 Å². The Morgan fingerprint density at radius 2 is 2.17 bits per heavy atom. The number of hydrogen-bond acceptors (Lipinski definition) is 4. The Morgan fingerprint density at radius 1 is 1.50 bits per heavy atom. The second-order valence-electron chi connectivity index (χ2n) is 2.50. The smallest absolute Gasteiger partial charge is 0.305 e. The molecule has 5 heteroatoms. The zero-order chi connectivity index (χ0) is 9.40. The summed E-state index contributed by atoms with van der Waals surface area (Å²) in [7, 11) is 2.96. The van der Waals surface area contributed by atoms with Crippen molar-refractivity contribution < 1.29 is 9.53 Å². The van der Waals surface area contributed by atoms with Crippen LogP contribution >= 0.6 is 0 Å². The minimum atomic E-state index is -0.211. The van der Waals surface area contributed by atoms with Crippen molar-refractivity contribution in [3.05, 3.63) is 4.91 Å². The minimum absolute atomic E-state index is 0.211. The van der Waals surface area contributed by atoms with Crippen molar-refractivity contribution in [1.29, 1.82) is 0 Å². The van der Waals surface area contributed by atoms with Crippen LogP contribution in [0.1, 0.15) is 19.3 Å². The van der Waals surface area contributed by atoms with Crippen molar-refractivity contribution in [3.8, 4) is 0 Å². The molecule has 0 aromatic carbocycles. The van der Waals surface area contributed by atoms with Crippen molar-refractivity contribution in [2.75, 3.05) is 20.7 Å². The van der Waals surface area contributed by atoms with Gasteiger partial charge in [0, 0.05) is 20.0 Å². The molecule has 12 heavy (non-hydrogen) atoms. The van der Waals surface area contributed by atoms with E-state index in [0.29, 0.717) is 13.0 Å². The molecule has 0 radical (unpaired) electrons. The number of carbonyl (C=O) groups excluding carboxylic acids is 1. The maximum absolute atomic E-state index is 10.6. The maximum atomic E-state index is 10.6.